The van der Waals surface area contributed by atoms with Gasteiger partial charge < -0.3 is 5.11 Å². The van der Waals surface area contributed by atoms with Crippen LogP contribution >= 0.6 is 0 Å². The number of aromatic hydroxyl groups is 1. The first-order chi connectivity index (χ1) is 11.1. The van der Waals surface area contributed by atoms with Gasteiger partial charge in [0.25, 0.3) is 0 Å². The highest BCUT2D eigenvalue weighted by atomic mass is 16.3. The summed E-state index contributed by atoms with van der Waals surface area (Å²) >= 11 is 0. The van der Waals surface area contributed by atoms with Crippen molar-refractivity contribution in [2.45, 2.75) is 72.1 Å². The van der Waals surface area contributed by atoms with Crippen LogP contribution < -0.4 is 0 Å². The van der Waals surface area contributed by atoms with Crippen LogP contribution in [0.25, 0.3) is 0 Å². The molecule has 4 atom stereocenters. The molecular weight excluding hydrogens is 284 g/mol. The first kappa shape index (κ1) is 18.0. The normalized spacial score (nSPS) is 29.1. The molecule has 0 bridgehead atoms. The molecule has 2 aliphatic carbocycles. The summed E-state index contributed by atoms with van der Waals surface area (Å²) in [6, 6.07) is 5.74. The fraction of sp³-hybridized carbons (Fsp3) is 0.667. The van der Waals surface area contributed by atoms with Gasteiger partial charge >= 0.3 is 0 Å². The van der Waals surface area contributed by atoms with Crippen molar-refractivity contribution in [2.75, 3.05) is 0 Å². The smallest absolute Gasteiger partial charge is 0.136 e. The second kappa shape index (κ2) is 7.99. The summed E-state index contributed by atoms with van der Waals surface area (Å²) in [5.74, 6) is 2.62. The number of phenolic OH excluding ortho intramolecular Hbond substituents is 1. The van der Waals surface area contributed by atoms with Crippen molar-refractivity contribution >= 4 is 5.78 Å². The summed E-state index contributed by atoms with van der Waals surface area (Å²) in [7, 11) is 0. The lowest BCUT2D eigenvalue weighted by Gasteiger charge is -2.45. The number of hydrogen-bond donors (Lipinski definition) is 1. The Kier molecular flexibility index (Phi) is 6.26. The first-order valence-corrected chi connectivity index (χ1v) is 9.46. The number of unbranched alkanes of at least 4 members (excludes halogenated alkanes) is 1. The summed E-state index contributed by atoms with van der Waals surface area (Å²) in [6.07, 6.45) is 6.55. The van der Waals surface area contributed by atoms with E-state index in [1.165, 1.54) is 36.8 Å². The van der Waals surface area contributed by atoms with Crippen LogP contribution in [0.3, 0.4) is 0 Å². The number of phenols is 1. The van der Waals surface area contributed by atoms with Gasteiger partial charge in [0.05, 0.1) is 0 Å². The molecule has 2 nitrogen and oxygen atoms in total. The zero-order valence-corrected chi connectivity index (χ0v) is 15.1. The fourth-order valence-corrected chi connectivity index (χ4v) is 4.61. The van der Waals surface area contributed by atoms with Crippen LogP contribution in [0.15, 0.2) is 18.2 Å². The van der Waals surface area contributed by atoms with E-state index in [0.717, 1.165) is 6.42 Å². The zero-order valence-electron chi connectivity index (χ0n) is 15.1. The van der Waals surface area contributed by atoms with Gasteiger partial charge in [-0.2, -0.15) is 0 Å². The molecule has 0 aromatic heterocycles. The van der Waals surface area contributed by atoms with Crippen molar-refractivity contribution in [2.24, 2.45) is 17.8 Å². The van der Waals surface area contributed by atoms with Gasteiger partial charge in [-0.25, -0.2) is 0 Å². The van der Waals surface area contributed by atoms with Crippen molar-refractivity contribution in [1.82, 2.24) is 0 Å². The Morgan fingerprint density at radius 1 is 1.26 bits per heavy atom. The summed E-state index contributed by atoms with van der Waals surface area (Å²) in [4.78, 5) is 12.4. The SMILES string of the molecule is CC.CCCC[C@H]1C(C)C(=O)CC2c3ccc(O)cc3CCC21. The van der Waals surface area contributed by atoms with Crippen LogP contribution in [0, 0.1) is 17.8 Å². The summed E-state index contributed by atoms with van der Waals surface area (Å²) in [6.45, 7) is 8.37. The Morgan fingerprint density at radius 3 is 2.70 bits per heavy atom. The van der Waals surface area contributed by atoms with Crippen LogP contribution in [0.4, 0.5) is 0 Å². The van der Waals surface area contributed by atoms with E-state index in [0.29, 0.717) is 35.7 Å². The molecule has 23 heavy (non-hydrogen) atoms. The van der Waals surface area contributed by atoms with E-state index in [1.807, 2.05) is 19.9 Å². The molecule has 0 spiro atoms. The lowest BCUT2D eigenvalue weighted by molar-refractivity contribution is -0.129. The topological polar surface area (TPSA) is 37.3 Å². The van der Waals surface area contributed by atoms with E-state index in [1.54, 1.807) is 6.07 Å². The highest BCUT2D eigenvalue weighted by molar-refractivity contribution is 5.83. The molecule has 0 radical (unpaired) electrons. The molecule has 128 valence electrons. The number of carbonyl (C=O) groups excluding carboxylic acids is 1. The minimum atomic E-state index is 0.233. The maximum absolute atomic E-state index is 12.4. The van der Waals surface area contributed by atoms with E-state index in [4.69, 9.17) is 0 Å². The third-order valence-corrected chi connectivity index (χ3v) is 5.80. The Bertz CT molecular complexity index is 535. The third kappa shape index (κ3) is 3.62. The van der Waals surface area contributed by atoms with Crippen LogP contribution in [-0.4, -0.2) is 10.9 Å². The van der Waals surface area contributed by atoms with Crippen molar-refractivity contribution < 1.29 is 9.90 Å². The van der Waals surface area contributed by atoms with Gasteiger partial charge in [0, 0.05) is 12.3 Å². The van der Waals surface area contributed by atoms with Gasteiger partial charge in [-0.3, -0.25) is 4.79 Å². The molecule has 0 saturated heterocycles. The minimum Gasteiger partial charge on any atom is -0.508 e. The van der Waals surface area contributed by atoms with E-state index in [2.05, 4.69) is 19.9 Å². The molecule has 2 heteroatoms. The predicted octanol–water partition coefficient (Wildman–Crippen LogP) is 5.48. The molecule has 3 unspecified atom stereocenters. The van der Waals surface area contributed by atoms with Crippen LogP contribution in [-0.2, 0) is 11.2 Å². The number of hydrogen-bond acceptors (Lipinski definition) is 2. The molecule has 0 heterocycles. The Morgan fingerprint density at radius 2 is 2.00 bits per heavy atom. The van der Waals surface area contributed by atoms with E-state index < -0.39 is 0 Å². The second-order valence-electron chi connectivity index (χ2n) is 6.96. The minimum absolute atomic E-state index is 0.233. The van der Waals surface area contributed by atoms with Gasteiger partial charge in [0.1, 0.15) is 11.5 Å². The lowest BCUT2D eigenvalue weighted by atomic mass is 9.59. The molecule has 1 saturated carbocycles. The number of ketones is 1. The summed E-state index contributed by atoms with van der Waals surface area (Å²) in [5, 5.41) is 9.68. The van der Waals surface area contributed by atoms with Crippen LogP contribution in [0.1, 0.15) is 76.8 Å². The Hall–Kier alpha value is -1.31. The van der Waals surface area contributed by atoms with Gasteiger partial charge in [-0.05, 0) is 60.3 Å². The molecule has 1 aromatic carbocycles. The average Bonchev–Trinajstić information content (AvgIpc) is 2.57. The number of Topliss-reactive ketones (excluding diaryl/α,β-unsaturated/α-hetero) is 1. The van der Waals surface area contributed by atoms with Gasteiger partial charge in [-0.1, -0.05) is 46.6 Å². The van der Waals surface area contributed by atoms with Crippen molar-refractivity contribution in [3.63, 3.8) is 0 Å². The molecule has 1 fully saturated rings. The molecule has 1 aromatic rings. The summed E-state index contributed by atoms with van der Waals surface area (Å²) < 4.78 is 0. The monoisotopic (exact) mass is 316 g/mol. The van der Waals surface area contributed by atoms with Crippen molar-refractivity contribution in [1.29, 1.82) is 0 Å². The van der Waals surface area contributed by atoms with Crippen LogP contribution in [0.2, 0.25) is 0 Å². The number of fused-ring (bicyclic) bond motifs is 3. The van der Waals surface area contributed by atoms with E-state index in [-0.39, 0.29) is 5.92 Å². The first-order valence-electron chi connectivity index (χ1n) is 9.46. The predicted molar refractivity (Wildman–Crippen MR) is 95.8 cm³/mol. The van der Waals surface area contributed by atoms with Gasteiger partial charge in [0.2, 0.25) is 0 Å². The molecule has 0 amide bonds. The highest BCUT2D eigenvalue weighted by Crippen LogP contribution is 2.50. The summed E-state index contributed by atoms with van der Waals surface area (Å²) in [5.41, 5.74) is 2.58. The number of carbonyl (C=O) groups is 1. The van der Waals surface area contributed by atoms with E-state index >= 15 is 0 Å². The number of rotatable bonds is 3. The highest BCUT2D eigenvalue weighted by Gasteiger charge is 2.44. The van der Waals surface area contributed by atoms with E-state index in [9.17, 15) is 9.90 Å². The maximum Gasteiger partial charge on any atom is 0.136 e. The number of aryl methyl sites for hydroxylation is 1. The van der Waals surface area contributed by atoms with Crippen molar-refractivity contribution in [3.05, 3.63) is 29.3 Å². The quantitative estimate of drug-likeness (QED) is 0.801. The standard InChI is InChI=1S/C19H26O2.C2H6/c1-3-4-5-15-12(2)19(21)11-18-16-9-7-14(20)10-13(16)6-8-17(15)18;1-2/h7,9-10,12,15,17-18,20H,3-6,8,11H2,1-2H3;1-2H3/t12?,15-,17?,18?;/m0./s1. The molecule has 3 rings (SSSR count). The molecule has 2 aliphatic rings. The second-order valence-corrected chi connectivity index (χ2v) is 6.96. The van der Waals surface area contributed by atoms with Gasteiger partial charge in [-0.15, -0.1) is 0 Å². The Balaban J connectivity index is 0.000000924. The Labute approximate surface area is 141 Å². The number of benzene rings is 1. The third-order valence-electron chi connectivity index (χ3n) is 5.80. The lowest BCUT2D eigenvalue weighted by Crippen LogP contribution is -2.40. The van der Waals surface area contributed by atoms with Crippen molar-refractivity contribution in [3.8, 4) is 5.75 Å². The molecule has 0 aliphatic heterocycles. The fourth-order valence-electron chi connectivity index (χ4n) is 4.61. The zero-order chi connectivity index (χ0) is 17.0. The molecular formula is C21H32O2. The average molecular weight is 316 g/mol. The largest absolute Gasteiger partial charge is 0.508 e. The maximum atomic E-state index is 12.4. The molecule has 1 N–H and O–H groups in total. The van der Waals surface area contributed by atoms with Gasteiger partial charge in [0.15, 0.2) is 0 Å². The van der Waals surface area contributed by atoms with Crippen LogP contribution in [0.5, 0.6) is 5.75 Å².